The number of rotatable bonds is 13. The third kappa shape index (κ3) is 17.3. The van der Waals surface area contributed by atoms with Crippen molar-refractivity contribution in [3.63, 3.8) is 0 Å². The van der Waals surface area contributed by atoms with Gasteiger partial charge in [-0.25, -0.2) is 0 Å². The van der Waals surface area contributed by atoms with Crippen LogP contribution in [0.5, 0.6) is 0 Å². The Morgan fingerprint density at radius 2 is 0.853 bits per heavy atom. The average molecular weight is 611 g/mol. The van der Waals surface area contributed by atoms with Gasteiger partial charge in [0, 0.05) is 5.19 Å². The fourth-order valence-electron chi connectivity index (χ4n) is 3.63. The molecule has 1 aromatic carbocycles. The van der Waals surface area contributed by atoms with Gasteiger partial charge in [0.25, 0.3) is 0 Å². The minimum atomic E-state index is -2.68. The monoisotopic (exact) mass is 610 g/mol. The van der Waals surface area contributed by atoms with E-state index in [2.05, 4.69) is 104 Å². The quantitative estimate of drug-likeness (QED) is 0.301. The molecule has 200 valence electrons. The molecule has 0 saturated carbocycles. The molecule has 13 heteroatoms. The van der Waals surface area contributed by atoms with E-state index in [1.807, 2.05) is 18.2 Å². The van der Waals surface area contributed by atoms with Crippen LogP contribution in [0.25, 0.3) is 0 Å². The zero-order valence-corrected chi connectivity index (χ0v) is 33.3. The summed E-state index contributed by atoms with van der Waals surface area (Å²) in [4.78, 5) is 0. The van der Waals surface area contributed by atoms with Crippen LogP contribution in [0.2, 0.25) is 97.3 Å². The van der Waals surface area contributed by atoms with Crippen molar-refractivity contribution >= 4 is 75.8 Å². The van der Waals surface area contributed by atoms with Crippen molar-refractivity contribution in [3.8, 4) is 0 Å². The zero-order chi connectivity index (χ0) is 26.7. The molecular weight excluding hydrogens is 557 g/mol. The van der Waals surface area contributed by atoms with E-state index >= 15 is 0 Å². The van der Waals surface area contributed by atoms with Crippen LogP contribution in [-0.2, 0) is 20.6 Å². The fourth-order valence-corrected chi connectivity index (χ4v) is 31.4. The molecule has 5 nitrogen and oxygen atoms in total. The number of hydrogen-bond acceptors (Lipinski definition) is 5. The first-order chi connectivity index (χ1) is 15.3. The van der Waals surface area contributed by atoms with Gasteiger partial charge in [-0.2, -0.15) is 0 Å². The lowest BCUT2D eigenvalue weighted by atomic mass is 10.4. The summed E-state index contributed by atoms with van der Waals surface area (Å²) in [6.45, 7) is 31.4. The van der Waals surface area contributed by atoms with E-state index in [1.165, 1.54) is 5.67 Å². The van der Waals surface area contributed by atoms with E-state index in [9.17, 15) is 0 Å². The summed E-state index contributed by atoms with van der Waals surface area (Å²) in [6, 6.07) is 10.3. The molecule has 0 amide bonds. The molecule has 0 aliphatic rings. The van der Waals surface area contributed by atoms with Crippen molar-refractivity contribution in [1.82, 2.24) is 0 Å². The Balaban J connectivity index is 0.000000661. The first kappa shape index (κ1) is 34.8. The predicted molar refractivity (Wildman–Crippen MR) is 171 cm³/mol. The highest BCUT2D eigenvalue weighted by Crippen LogP contribution is 2.16. The van der Waals surface area contributed by atoms with E-state index in [0.29, 0.717) is 0 Å². The summed E-state index contributed by atoms with van der Waals surface area (Å²) in [5.74, 6) is 0. The summed E-state index contributed by atoms with van der Waals surface area (Å²) in [6.07, 6.45) is 0. The smallest absolute Gasteiger partial charge is 0.458 e. The Labute approximate surface area is 223 Å². The highest BCUT2D eigenvalue weighted by molar-refractivity contribution is 6.88. The van der Waals surface area contributed by atoms with Crippen LogP contribution < -0.4 is 5.19 Å². The van der Waals surface area contributed by atoms with Gasteiger partial charge in [0.05, 0.1) is 0 Å². The molecule has 0 N–H and O–H groups in total. The van der Waals surface area contributed by atoms with Crippen molar-refractivity contribution in [1.29, 1.82) is 0 Å². The summed E-state index contributed by atoms with van der Waals surface area (Å²) < 4.78 is 31.4. The maximum atomic E-state index is 6.35. The van der Waals surface area contributed by atoms with Crippen molar-refractivity contribution in [2.45, 2.75) is 97.3 Å². The summed E-state index contributed by atoms with van der Waals surface area (Å²) in [5, 5.41) is 1.12. The first-order valence-electron chi connectivity index (χ1n) is 12.8. The van der Waals surface area contributed by atoms with Crippen LogP contribution in [0.1, 0.15) is 0 Å². The zero-order valence-electron chi connectivity index (χ0n) is 24.5. The van der Waals surface area contributed by atoms with Gasteiger partial charge in [-0.3, -0.25) is 0 Å². The summed E-state index contributed by atoms with van der Waals surface area (Å²) in [7, 11) is -10.9. The van der Waals surface area contributed by atoms with Gasteiger partial charge in [0.2, 0.25) is 0 Å². The molecule has 2 unspecified atom stereocenters. The molecule has 2 atom stereocenters. The maximum absolute atomic E-state index is 6.35. The van der Waals surface area contributed by atoms with Gasteiger partial charge in [-0.15, -0.1) is 0 Å². The Bertz CT molecular complexity index is 619. The molecule has 0 saturated heterocycles. The van der Waals surface area contributed by atoms with Crippen LogP contribution in [0.4, 0.5) is 0 Å². The van der Waals surface area contributed by atoms with E-state index < -0.39 is 70.6 Å². The van der Waals surface area contributed by atoms with Crippen LogP contribution >= 0.6 is 0 Å². The van der Waals surface area contributed by atoms with Crippen LogP contribution in [0.3, 0.4) is 0 Å². The predicted octanol–water partition coefficient (Wildman–Crippen LogP) is 4.77. The molecule has 0 radical (unpaired) electrons. The summed E-state index contributed by atoms with van der Waals surface area (Å²) in [5.41, 5.74) is 1.29. The third-order valence-electron chi connectivity index (χ3n) is 4.07. The van der Waals surface area contributed by atoms with Gasteiger partial charge in [0.15, 0.2) is 61.8 Å². The van der Waals surface area contributed by atoms with E-state index in [1.54, 1.807) is 0 Å². The lowest BCUT2D eigenvalue weighted by Crippen LogP contribution is -2.61. The Hall–Kier alpha value is 0.755. The molecule has 0 fully saturated rings. The van der Waals surface area contributed by atoms with E-state index in [4.69, 9.17) is 20.6 Å². The van der Waals surface area contributed by atoms with E-state index in [0.717, 1.165) is 5.19 Å². The standard InChI is InChI=1S/C12H26O3Si4.C9H28O2Si4/c1-16(2)13-19(14-17(3)4,15-18(5)6)12-10-8-7-9-11-12;1-12(10-14(3,4)5)9-13(2)11-15(6,7)8/h7-11,16-18H,1-6H3;12-13H,9H2,1-8H3. The Kier molecular flexibility index (Phi) is 16.2. The second kappa shape index (κ2) is 15.9. The minimum absolute atomic E-state index is 0.954. The number of benzene rings is 1. The molecule has 0 spiro atoms. The maximum Gasteiger partial charge on any atom is 0.505 e. The van der Waals surface area contributed by atoms with Gasteiger partial charge < -0.3 is 20.6 Å². The van der Waals surface area contributed by atoms with Crippen molar-refractivity contribution < 1.29 is 20.6 Å². The lowest BCUT2D eigenvalue weighted by Gasteiger charge is -2.35. The van der Waals surface area contributed by atoms with Gasteiger partial charge in [-0.05, 0) is 97.3 Å². The topological polar surface area (TPSA) is 46.2 Å². The normalized spacial score (nSPS) is 14.9. The molecule has 0 aromatic heterocycles. The van der Waals surface area contributed by atoms with Crippen molar-refractivity contribution in [2.75, 3.05) is 0 Å². The van der Waals surface area contributed by atoms with Gasteiger partial charge in [0.1, 0.15) is 0 Å². The van der Waals surface area contributed by atoms with E-state index in [-0.39, 0.29) is 0 Å². The summed E-state index contributed by atoms with van der Waals surface area (Å²) >= 11 is 0. The molecule has 0 bridgehead atoms. The fraction of sp³-hybridized carbons (Fsp3) is 0.714. The second-order valence-electron chi connectivity index (χ2n) is 11.7. The molecule has 0 aliphatic heterocycles. The van der Waals surface area contributed by atoms with Crippen LogP contribution in [0.15, 0.2) is 30.3 Å². The highest BCUT2D eigenvalue weighted by atomic mass is 28.5. The molecule has 1 aromatic rings. The molecule has 0 aliphatic carbocycles. The average Bonchev–Trinajstić information content (AvgIpc) is 2.57. The number of hydrogen-bond donors (Lipinski definition) is 0. The lowest BCUT2D eigenvalue weighted by molar-refractivity contribution is 0.290. The van der Waals surface area contributed by atoms with Crippen molar-refractivity contribution in [2.24, 2.45) is 0 Å². The second-order valence-corrected chi connectivity index (χ2v) is 38.0. The molecule has 0 heterocycles. The van der Waals surface area contributed by atoms with Gasteiger partial charge in [-0.1, -0.05) is 30.3 Å². The largest absolute Gasteiger partial charge is 0.505 e. The first-order valence-corrected chi connectivity index (χ1v) is 34.6. The van der Waals surface area contributed by atoms with Crippen LogP contribution in [-0.4, -0.2) is 70.6 Å². The highest BCUT2D eigenvalue weighted by Gasteiger charge is 2.45. The Morgan fingerprint density at radius 3 is 1.12 bits per heavy atom. The molecular formula is C21H54O5Si8. The minimum Gasteiger partial charge on any atom is -0.458 e. The third-order valence-corrected chi connectivity index (χ3v) is 28.7. The van der Waals surface area contributed by atoms with Crippen molar-refractivity contribution in [3.05, 3.63) is 30.3 Å². The molecule has 34 heavy (non-hydrogen) atoms. The van der Waals surface area contributed by atoms with Crippen LogP contribution in [0, 0.1) is 0 Å². The SMILES string of the molecule is C[SiH](C)O[Si](O[SiH](C)C)(O[SiH](C)C)c1ccccc1.C[SiH](C[SiH](C)O[Si](C)(C)C)O[Si](C)(C)C. The molecule has 1 rings (SSSR count). The Morgan fingerprint density at radius 1 is 0.529 bits per heavy atom. The van der Waals surface area contributed by atoms with Gasteiger partial charge >= 0.3 is 8.80 Å².